The third-order valence-corrected chi connectivity index (χ3v) is 1.97. The van der Waals surface area contributed by atoms with E-state index in [1.54, 1.807) is 12.3 Å². The molecule has 1 N–H and O–H groups in total. The maximum absolute atomic E-state index is 10.9. The van der Waals surface area contributed by atoms with Crippen LogP contribution in [0.1, 0.15) is 5.56 Å². The van der Waals surface area contributed by atoms with E-state index in [1.165, 1.54) is 6.26 Å². The van der Waals surface area contributed by atoms with Crippen LogP contribution in [-0.2, 0) is 11.0 Å². The van der Waals surface area contributed by atoms with E-state index in [-0.39, 0.29) is 5.88 Å². The Morgan fingerprint density at radius 2 is 2.38 bits per heavy atom. The highest BCUT2D eigenvalue weighted by atomic mass is 35.5. The average Bonchev–Trinajstić information content (AvgIpc) is 2.03. The summed E-state index contributed by atoms with van der Waals surface area (Å²) in [4.78, 5) is 3.90. The van der Waals surface area contributed by atoms with Crippen LogP contribution in [0.4, 0.5) is 5.69 Å². The maximum Gasteiger partial charge on any atom is 0.261 e. The van der Waals surface area contributed by atoms with Gasteiger partial charge in [-0.25, -0.2) is 9.19 Å². The van der Waals surface area contributed by atoms with E-state index in [0.29, 0.717) is 5.69 Å². The molecule has 0 bridgehead atoms. The quantitative estimate of drug-likeness (QED) is 0.843. The van der Waals surface area contributed by atoms with Crippen molar-refractivity contribution < 1.29 is 8.50 Å². The van der Waals surface area contributed by atoms with Crippen molar-refractivity contribution in [3.8, 4) is 5.88 Å². The van der Waals surface area contributed by atoms with Gasteiger partial charge >= 0.3 is 0 Å². The normalized spacial score (nSPS) is 12.2. The molecule has 0 aliphatic carbocycles. The largest absolute Gasteiger partial charge is 0.362 e. The molecule has 6 heteroatoms. The highest BCUT2D eigenvalue weighted by Crippen LogP contribution is 2.23. The van der Waals surface area contributed by atoms with E-state index < -0.39 is 11.0 Å². The minimum atomic E-state index is -1.17. The van der Waals surface area contributed by atoms with Crippen molar-refractivity contribution in [2.75, 3.05) is 11.0 Å². The van der Waals surface area contributed by atoms with Crippen molar-refractivity contribution in [2.24, 2.45) is 0 Å². The van der Waals surface area contributed by atoms with Gasteiger partial charge in [0.2, 0.25) is 0 Å². The van der Waals surface area contributed by atoms with Gasteiger partial charge in [0, 0.05) is 12.5 Å². The third kappa shape index (κ3) is 2.86. The Kier molecular flexibility index (Phi) is 3.50. The van der Waals surface area contributed by atoms with Crippen molar-refractivity contribution >= 4 is 28.5 Å². The predicted molar refractivity (Wildman–Crippen MR) is 53.1 cm³/mol. The van der Waals surface area contributed by atoms with Crippen molar-refractivity contribution in [1.82, 2.24) is 4.98 Å². The van der Waals surface area contributed by atoms with Gasteiger partial charge in [0.25, 0.3) is 5.88 Å². The SMILES string of the molecule is Cc1cnc(OCl)c(NS(C)=O)c1. The zero-order valence-corrected chi connectivity index (χ0v) is 8.78. The number of nitrogens with zero attached hydrogens (tertiary/aromatic N) is 1. The van der Waals surface area contributed by atoms with Gasteiger partial charge in [-0.2, -0.15) is 0 Å². The molecule has 72 valence electrons. The third-order valence-electron chi connectivity index (χ3n) is 1.31. The second kappa shape index (κ2) is 4.43. The molecule has 4 nitrogen and oxygen atoms in total. The first-order valence-electron chi connectivity index (χ1n) is 3.49. The zero-order chi connectivity index (χ0) is 9.84. The highest BCUT2D eigenvalue weighted by molar-refractivity contribution is 7.85. The molecule has 1 rings (SSSR count). The molecule has 1 unspecified atom stereocenters. The Hall–Kier alpha value is -0.810. The first kappa shape index (κ1) is 10.3. The number of rotatable bonds is 3. The van der Waals surface area contributed by atoms with E-state index in [0.717, 1.165) is 5.56 Å². The topological polar surface area (TPSA) is 51.2 Å². The summed E-state index contributed by atoms with van der Waals surface area (Å²) in [6, 6.07) is 1.76. The van der Waals surface area contributed by atoms with Crippen molar-refractivity contribution in [3.05, 3.63) is 17.8 Å². The molecule has 0 fully saturated rings. The van der Waals surface area contributed by atoms with Gasteiger partial charge < -0.3 is 9.01 Å². The number of nitrogens with one attached hydrogen (secondary N) is 1. The summed E-state index contributed by atoms with van der Waals surface area (Å²) in [7, 11) is -1.17. The lowest BCUT2D eigenvalue weighted by atomic mass is 10.3. The summed E-state index contributed by atoms with van der Waals surface area (Å²) in [5.74, 6) is 0.225. The van der Waals surface area contributed by atoms with Gasteiger partial charge in [-0.05, 0) is 18.6 Å². The minimum Gasteiger partial charge on any atom is -0.362 e. The first-order valence-corrected chi connectivity index (χ1v) is 5.35. The lowest BCUT2D eigenvalue weighted by molar-refractivity contribution is 0.593. The molecule has 1 heterocycles. The highest BCUT2D eigenvalue weighted by Gasteiger charge is 2.05. The summed E-state index contributed by atoms with van der Waals surface area (Å²) in [6.45, 7) is 1.87. The number of anilines is 1. The molecular formula is C7H9ClN2O2S. The van der Waals surface area contributed by atoms with Crippen molar-refractivity contribution in [2.45, 2.75) is 6.92 Å². The Labute approximate surface area is 84.0 Å². The summed E-state index contributed by atoms with van der Waals surface area (Å²) < 4.78 is 18.0. The summed E-state index contributed by atoms with van der Waals surface area (Å²) in [5.41, 5.74) is 1.46. The number of pyridine rings is 1. The molecule has 0 radical (unpaired) electrons. The van der Waals surface area contributed by atoms with Crippen molar-refractivity contribution in [3.63, 3.8) is 0 Å². The van der Waals surface area contributed by atoms with Crippen molar-refractivity contribution in [1.29, 1.82) is 0 Å². The van der Waals surface area contributed by atoms with Gasteiger partial charge in [0.1, 0.15) is 28.5 Å². The minimum absolute atomic E-state index is 0.225. The molecule has 0 spiro atoms. The van der Waals surface area contributed by atoms with Crippen LogP contribution in [0.25, 0.3) is 0 Å². The van der Waals surface area contributed by atoms with Crippen LogP contribution in [0.5, 0.6) is 5.88 Å². The van der Waals surface area contributed by atoms with E-state index in [9.17, 15) is 4.21 Å². The first-order chi connectivity index (χ1) is 6.13. The zero-order valence-electron chi connectivity index (χ0n) is 7.20. The molecular weight excluding hydrogens is 212 g/mol. The van der Waals surface area contributed by atoms with E-state index in [4.69, 9.17) is 11.9 Å². The number of hydrogen-bond donors (Lipinski definition) is 1. The Morgan fingerprint density at radius 3 is 2.92 bits per heavy atom. The number of aromatic nitrogens is 1. The molecule has 0 saturated heterocycles. The van der Waals surface area contributed by atoms with Gasteiger partial charge in [0.05, 0.1) is 0 Å². The van der Waals surface area contributed by atoms with E-state index >= 15 is 0 Å². The number of hydrogen-bond acceptors (Lipinski definition) is 3. The lowest BCUT2D eigenvalue weighted by Crippen LogP contribution is -2.03. The second-order valence-corrected chi connectivity index (χ2v) is 3.77. The predicted octanol–water partition coefficient (Wildman–Crippen LogP) is 1.63. The molecule has 0 amide bonds. The van der Waals surface area contributed by atoms with Crippen LogP contribution >= 0.6 is 11.9 Å². The maximum atomic E-state index is 10.9. The Balaban J connectivity index is 3.01. The molecule has 0 aromatic carbocycles. The van der Waals surface area contributed by atoms with E-state index in [1.807, 2.05) is 6.92 Å². The summed E-state index contributed by atoms with van der Waals surface area (Å²) >= 11 is 5.17. The van der Waals surface area contributed by atoms with Crippen LogP contribution in [0.2, 0.25) is 0 Å². The number of aryl methyl sites for hydroxylation is 1. The molecule has 1 aromatic heterocycles. The van der Waals surface area contributed by atoms with Crippen LogP contribution in [-0.4, -0.2) is 15.4 Å². The van der Waals surface area contributed by atoms with Gasteiger partial charge in [-0.3, -0.25) is 0 Å². The van der Waals surface area contributed by atoms with Gasteiger partial charge in [-0.15, -0.1) is 0 Å². The monoisotopic (exact) mass is 220 g/mol. The molecule has 1 aromatic rings. The summed E-state index contributed by atoms with van der Waals surface area (Å²) in [5, 5.41) is 0. The second-order valence-electron chi connectivity index (χ2n) is 2.50. The Bertz CT molecular complexity index is 332. The fraction of sp³-hybridized carbons (Fsp3) is 0.286. The van der Waals surface area contributed by atoms with Crippen LogP contribution in [0, 0.1) is 6.92 Å². The molecule has 0 aliphatic heterocycles. The molecule has 0 aliphatic rings. The fourth-order valence-electron chi connectivity index (χ4n) is 0.846. The molecule has 0 saturated carbocycles. The van der Waals surface area contributed by atoms with Crippen LogP contribution in [0.3, 0.4) is 0 Å². The summed E-state index contributed by atoms with van der Waals surface area (Å²) in [6.07, 6.45) is 3.13. The van der Waals surface area contributed by atoms with Crippen LogP contribution < -0.4 is 9.01 Å². The van der Waals surface area contributed by atoms with Crippen LogP contribution in [0.15, 0.2) is 12.3 Å². The van der Waals surface area contributed by atoms with Gasteiger partial charge in [-0.1, -0.05) is 0 Å². The molecule has 1 atom stereocenters. The Morgan fingerprint density at radius 1 is 1.69 bits per heavy atom. The smallest absolute Gasteiger partial charge is 0.261 e. The average molecular weight is 221 g/mol. The number of halogens is 1. The molecule has 13 heavy (non-hydrogen) atoms. The van der Waals surface area contributed by atoms with E-state index in [2.05, 4.69) is 14.0 Å². The standard InChI is InChI=1S/C7H9ClN2O2S/c1-5-3-6(10-13(2)11)7(12-8)9-4-5/h3-4,10H,1-2H3. The fourth-order valence-corrected chi connectivity index (χ4v) is 1.42. The lowest BCUT2D eigenvalue weighted by Gasteiger charge is -2.06. The van der Waals surface area contributed by atoms with Gasteiger partial charge in [0.15, 0.2) is 0 Å².